The second-order valence-corrected chi connectivity index (χ2v) is 9.16. The summed E-state index contributed by atoms with van der Waals surface area (Å²) in [6, 6.07) is 7.10. The Hall–Kier alpha value is -0.860. The third kappa shape index (κ3) is 2.46. The quantitative estimate of drug-likeness (QED) is 0.903. The van der Waals surface area contributed by atoms with Gasteiger partial charge >= 0.3 is 0 Å². The lowest BCUT2D eigenvalue weighted by atomic mass is 9.62. The van der Waals surface area contributed by atoms with Gasteiger partial charge in [0.15, 0.2) is 0 Å². The first-order valence-electron chi connectivity index (χ1n) is 8.94. The van der Waals surface area contributed by atoms with E-state index in [1.54, 1.807) is 7.11 Å². The van der Waals surface area contributed by atoms with Crippen LogP contribution in [0.2, 0.25) is 0 Å². The van der Waals surface area contributed by atoms with Gasteiger partial charge in [0, 0.05) is 19.1 Å². The molecular weight excluding hydrogens is 284 g/mol. The molecule has 128 valence electrons. The minimum atomic E-state index is 0.0530. The number of rotatable bonds is 4. The molecule has 3 rings (SSSR count). The van der Waals surface area contributed by atoms with Crippen LogP contribution in [-0.4, -0.2) is 25.4 Å². The van der Waals surface area contributed by atoms with Crippen molar-refractivity contribution in [2.45, 2.75) is 63.7 Å². The number of benzene rings is 1. The summed E-state index contributed by atoms with van der Waals surface area (Å²) in [5.41, 5.74) is 4.94. The predicted octanol–water partition coefficient (Wildman–Crippen LogP) is 4.18. The lowest BCUT2D eigenvalue weighted by Gasteiger charge is -2.42. The molecule has 2 aliphatic rings. The number of hydrogen-bond donors (Lipinski definition) is 1. The molecule has 0 aromatic heterocycles. The van der Waals surface area contributed by atoms with Gasteiger partial charge in [0.05, 0.1) is 6.61 Å². The van der Waals surface area contributed by atoms with Crippen molar-refractivity contribution in [3.05, 3.63) is 34.9 Å². The van der Waals surface area contributed by atoms with Gasteiger partial charge in [0.25, 0.3) is 0 Å². The number of ether oxygens (including phenoxy) is 1. The molecule has 0 saturated heterocycles. The van der Waals surface area contributed by atoms with Crippen molar-refractivity contribution < 1.29 is 9.84 Å². The summed E-state index contributed by atoms with van der Waals surface area (Å²) in [5, 5.41) is 9.77. The summed E-state index contributed by atoms with van der Waals surface area (Å²) >= 11 is 0. The van der Waals surface area contributed by atoms with Gasteiger partial charge < -0.3 is 9.84 Å². The first-order chi connectivity index (χ1) is 10.7. The largest absolute Gasteiger partial charge is 0.396 e. The minimum absolute atomic E-state index is 0.0530. The van der Waals surface area contributed by atoms with Crippen molar-refractivity contribution in [2.75, 3.05) is 20.3 Å². The Morgan fingerprint density at radius 2 is 1.61 bits per heavy atom. The predicted molar refractivity (Wildman–Crippen MR) is 95.0 cm³/mol. The average molecular weight is 316 g/mol. The van der Waals surface area contributed by atoms with E-state index >= 15 is 0 Å². The molecule has 2 unspecified atom stereocenters. The molecule has 0 aliphatic heterocycles. The maximum atomic E-state index is 9.77. The molecule has 0 radical (unpaired) electrons. The topological polar surface area (TPSA) is 29.5 Å². The Morgan fingerprint density at radius 3 is 2.17 bits per heavy atom. The number of fused-ring (bicyclic) bond motifs is 1. The SMILES string of the molecule is COCC1[C@H](CO)C1(C)c1ccc2c(c1)C(C)(C)CCC2(C)C. The number of aliphatic hydroxyl groups excluding tert-OH is 1. The fraction of sp³-hybridized carbons (Fsp3) is 0.714. The van der Waals surface area contributed by atoms with Crippen molar-refractivity contribution in [1.29, 1.82) is 0 Å². The first-order valence-corrected chi connectivity index (χ1v) is 8.94. The summed E-state index contributed by atoms with van der Waals surface area (Å²) in [4.78, 5) is 0. The highest BCUT2D eigenvalue weighted by Gasteiger charge is 2.61. The molecule has 1 aromatic rings. The summed E-state index contributed by atoms with van der Waals surface area (Å²) in [5.74, 6) is 0.746. The zero-order chi connectivity index (χ0) is 17.0. The fourth-order valence-electron chi connectivity index (χ4n) is 4.84. The van der Waals surface area contributed by atoms with Gasteiger partial charge in [0.2, 0.25) is 0 Å². The Kier molecular flexibility index (Phi) is 3.93. The smallest absolute Gasteiger partial charge is 0.0502 e. The van der Waals surface area contributed by atoms with Crippen LogP contribution in [0.15, 0.2) is 18.2 Å². The van der Waals surface area contributed by atoms with Crippen LogP contribution in [-0.2, 0) is 21.0 Å². The molecule has 0 spiro atoms. The zero-order valence-corrected chi connectivity index (χ0v) is 15.6. The summed E-state index contributed by atoms with van der Waals surface area (Å²) < 4.78 is 5.39. The molecule has 2 heteroatoms. The van der Waals surface area contributed by atoms with E-state index in [9.17, 15) is 5.11 Å². The monoisotopic (exact) mass is 316 g/mol. The van der Waals surface area contributed by atoms with Crippen LogP contribution in [0.25, 0.3) is 0 Å². The van der Waals surface area contributed by atoms with Crippen molar-refractivity contribution in [2.24, 2.45) is 11.8 Å². The summed E-state index contributed by atoms with van der Waals surface area (Å²) in [6.45, 7) is 12.7. The number of methoxy groups -OCH3 is 1. The molecular formula is C21H32O2. The van der Waals surface area contributed by atoms with E-state index < -0.39 is 0 Å². The molecule has 23 heavy (non-hydrogen) atoms. The third-order valence-corrected chi connectivity index (χ3v) is 6.93. The zero-order valence-electron chi connectivity index (χ0n) is 15.6. The van der Waals surface area contributed by atoms with Gasteiger partial charge in [-0.25, -0.2) is 0 Å². The standard InChI is InChI=1S/C21H32O2/c1-19(2)9-10-20(3,4)16-11-14(7-8-15(16)19)21(5)17(12-22)18(21)13-23-6/h7-8,11,17-18,22H,9-10,12-13H2,1-6H3/t17-,18?,21?/m0/s1. The lowest BCUT2D eigenvalue weighted by molar-refractivity contribution is 0.169. The normalized spacial score (nSPS) is 34.0. The highest BCUT2D eigenvalue weighted by atomic mass is 16.5. The number of hydrogen-bond acceptors (Lipinski definition) is 2. The number of aliphatic hydroxyl groups is 1. The second-order valence-electron chi connectivity index (χ2n) is 9.16. The lowest BCUT2D eigenvalue weighted by Crippen LogP contribution is -2.34. The van der Waals surface area contributed by atoms with Gasteiger partial charge in [-0.1, -0.05) is 52.8 Å². The molecule has 2 nitrogen and oxygen atoms in total. The van der Waals surface area contributed by atoms with Crippen LogP contribution in [0.5, 0.6) is 0 Å². The highest BCUT2D eigenvalue weighted by molar-refractivity contribution is 5.48. The van der Waals surface area contributed by atoms with E-state index in [2.05, 4.69) is 52.8 Å². The molecule has 0 amide bonds. The molecule has 1 saturated carbocycles. The van der Waals surface area contributed by atoms with E-state index in [-0.39, 0.29) is 22.9 Å². The molecule has 1 aromatic carbocycles. The van der Waals surface area contributed by atoms with Gasteiger partial charge in [-0.05, 0) is 52.2 Å². The van der Waals surface area contributed by atoms with E-state index in [1.165, 1.54) is 29.5 Å². The molecule has 1 fully saturated rings. The fourth-order valence-corrected chi connectivity index (χ4v) is 4.84. The van der Waals surface area contributed by atoms with E-state index in [0.29, 0.717) is 11.8 Å². The van der Waals surface area contributed by atoms with Gasteiger partial charge in [-0.2, -0.15) is 0 Å². The van der Waals surface area contributed by atoms with Crippen LogP contribution < -0.4 is 0 Å². The maximum Gasteiger partial charge on any atom is 0.0502 e. The van der Waals surface area contributed by atoms with Crippen LogP contribution >= 0.6 is 0 Å². The van der Waals surface area contributed by atoms with Crippen molar-refractivity contribution >= 4 is 0 Å². The van der Waals surface area contributed by atoms with E-state index in [1.807, 2.05) is 0 Å². The molecule has 2 aliphatic carbocycles. The van der Waals surface area contributed by atoms with Crippen LogP contribution in [0.1, 0.15) is 64.2 Å². The Morgan fingerprint density at radius 1 is 1.00 bits per heavy atom. The van der Waals surface area contributed by atoms with Gasteiger partial charge in [-0.15, -0.1) is 0 Å². The Balaban J connectivity index is 2.04. The second kappa shape index (κ2) is 5.32. The average Bonchev–Trinajstić information content (AvgIpc) is 3.09. The Labute approximate surface area is 141 Å². The van der Waals surface area contributed by atoms with Crippen molar-refractivity contribution in [1.82, 2.24) is 0 Å². The summed E-state index contributed by atoms with van der Waals surface area (Å²) in [7, 11) is 1.76. The van der Waals surface area contributed by atoms with Crippen LogP contribution in [0.4, 0.5) is 0 Å². The molecule has 0 heterocycles. The van der Waals surface area contributed by atoms with Crippen molar-refractivity contribution in [3.63, 3.8) is 0 Å². The Bertz CT molecular complexity index is 602. The molecule has 1 N–H and O–H groups in total. The third-order valence-electron chi connectivity index (χ3n) is 6.93. The summed E-state index contributed by atoms with van der Waals surface area (Å²) in [6.07, 6.45) is 2.48. The van der Waals surface area contributed by atoms with Gasteiger partial charge in [-0.3, -0.25) is 0 Å². The molecule has 0 bridgehead atoms. The molecule has 3 atom stereocenters. The van der Waals surface area contributed by atoms with Gasteiger partial charge in [0.1, 0.15) is 0 Å². The minimum Gasteiger partial charge on any atom is -0.396 e. The van der Waals surface area contributed by atoms with Crippen LogP contribution in [0.3, 0.4) is 0 Å². The van der Waals surface area contributed by atoms with Crippen LogP contribution in [0, 0.1) is 11.8 Å². The van der Waals surface area contributed by atoms with E-state index in [0.717, 1.165) is 6.61 Å². The first kappa shape index (κ1) is 17.0. The highest BCUT2D eigenvalue weighted by Crippen LogP contribution is 2.60. The van der Waals surface area contributed by atoms with Crippen molar-refractivity contribution in [3.8, 4) is 0 Å². The van der Waals surface area contributed by atoms with E-state index in [4.69, 9.17) is 4.74 Å². The maximum absolute atomic E-state index is 9.77.